The largest absolute Gasteiger partial charge is 0.478 e. The van der Waals surface area contributed by atoms with Gasteiger partial charge in [0.1, 0.15) is 5.01 Å². The number of aromatic carboxylic acids is 1. The van der Waals surface area contributed by atoms with E-state index < -0.39 is 5.97 Å². The summed E-state index contributed by atoms with van der Waals surface area (Å²) < 4.78 is 0. The molecule has 0 amide bonds. The molecule has 2 aromatic rings. The van der Waals surface area contributed by atoms with Crippen LogP contribution in [0.2, 0.25) is 0 Å². The first-order valence-electron chi connectivity index (χ1n) is 8.13. The average molecular weight is 329 g/mol. The van der Waals surface area contributed by atoms with Crippen LogP contribution in [0.15, 0.2) is 18.3 Å². The highest BCUT2D eigenvalue weighted by atomic mass is 32.1. The van der Waals surface area contributed by atoms with Crippen molar-refractivity contribution in [1.82, 2.24) is 14.9 Å². The number of thiazole rings is 1. The number of rotatable bonds is 3. The Balaban J connectivity index is 1.52. The zero-order valence-corrected chi connectivity index (χ0v) is 13.7. The third kappa shape index (κ3) is 2.88. The highest BCUT2D eigenvalue weighted by molar-refractivity contribution is 7.15. The molecule has 4 rings (SSSR count). The molecule has 1 N–H and O–H groups in total. The molecule has 1 aliphatic heterocycles. The van der Waals surface area contributed by atoms with Crippen LogP contribution in [0.4, 0.5) is 0 Å². The van der Waals surface area contributed by atoms with E-state index in [0.717, 1.165) is 42.7 Å². The number of hydrogen-bond donors (Lipinski definition) is 1. The summed E-state index contributed by atoms with van der Waals surface area (Å²) in [6.45, 7) is 2.23. The Labute approximate surface area is 139 Å². The lowest BCUT2D eigenvalue weighted by atomic mass is 9.91. The van der Waals surface area contributed by atoms with E-state index in [4.69, 9.17) is 10.1 Å². The fraction of sp³-hybridized carbons (Fsp3) is 0.471. The topological polar surface area (TPSA) is 66.3 Å². The minimum absolute atomic E-state index is 0.211. The van der Waals surface area contributed by atoms with E-state index in [1.807, 2.05) is 0 Å². The number of fused-ring (bicyclic) bond motifs is 1. The number of aromatic nitrogens is 2. The molecule has 1 aliphatic carbocycles. The summed E-state index contributed by atoms with van der Waals surface area (Å²) in [4.78, 5) is 23.9. The Kier molecular flexibility index (Phi) is 3.87. The molecule has 2 aromatic heterocycles. The molecule has 0 bridgehead atoms. The van der Waals surface area contributed by atoms with Gasteiger partial charge in [-0.1, -0.05) is 6.42 Å². The van der Waals surface area contributed by atoms with Gasteiger partial charge in [0.05, 0.1) is 17.0 Å². The van der Waals surface area contributed by atoms with Crippen LogP contribution in [0, 0.1) is 0 Å². The van der Waals surface area contributed by atoms with Crippen LogP contribution in [0.3, 0.4) is 0 Å². The van der Waals surface area contributed by atoms with Crippen LogP contribution in [0.5, 0.6) is 0 Å². The number of carboxylic acid groups (broad SMARTS) is 1. The normalized spacial score (nSPS) is 19.0. The van der Waals surface area contributed by atoms with E-state index in [9.17, 15) is 4.79 Å². The van der Waals surface area contributed by atoms with Crippen LogP contribution in [-0.4, -0.2) is 45.1 Å². The second-order valence-corrected chi connectivity index (χ2v) is 7.33. The standard InChI is InChI=1S/C17H19N3O2S/c21-17(22)11-4-5-14(18-10-11)16-19-13-6-8-20(12-2-1-3-12)9-7-15(13)23-16/h4-5,10,12H,1-3,6-9H2,(H,21,22). The second kappa shape index (κ2) is 6.02. The Bertz CT molecular complexity index is 696. The molecule has 1 fully saturated rings. The van der Waals surface area contributed by atoms with Gasteiger partial charge in [-0.2, -0.15) is 0 Å². The molecule has 0 spiro atoms. The summed E-state index contributed by atoms with van der Waals surface area (Å²) in [6.07, 6.45) is 7.57. The van der Waals surface area contributed by atoms with Crippen molar-refractivity contribution in [3.63, 3.8) is 0 Å². The predicted octanol–water partition coefficient (Wildman–Crippen LogP) is 2.86. The Morgan fingerprint density at radius 3 is 2.74 bits per heavy atom. The van der Waals surface area contributed by atoms with Crippen LogP contribution in [0.25, 0.3) is 10.7 Å². The van der Waals surface area contributed by atoms with Crippen LogP contribution >= 0.6 is 11.3 Å². The predicted molar refractivity (Wildman–Crippen MR) is 88.9 cm³/mol. The molecular weight excluding hydrogens is 310 g/mol. The molecule has 1 saturated carbocycles. The van der Waals surface area contributed by atoms with Gasteiger partial charge in [-0.3, -0.25) is 9.88 Å². The van der Waals surface area contributed by atoms with Crippen LogP contribution < -0.4 is 0 Å². The SMILES string of the molecule is O=C(O)c1ccc(-c2nc3c(s2)CCN(C2CCC2)CC3)nc1. The summed E-state index contributed by atoms with van der Waals surface area (Å²) in [5.41, 5.74) is 2.18. The molecule has 6 heteroatoms. The number of hydrogen-bond acceptors (Lipinski definition) is 5. The Morgan fingerprint density at radius 2 is 2.09 bits per heavy atom. The molecule has 0 saturated heterocycles. The van der Waals surface area contributed by atoms with Gasteiger partial charge in [-0.25, -0.2) is 9.78 Å². The van der Waals surface area contributed by atoms with E-state index in [1.54, 1.807) is 23.5 Å². The van der Waals surface area contributed by atoms with E-state index in [2.05, 4.69) is 9.88 Å². The van der Waals surface area contributed by atoms with Crippen molar-refractivity contribution in [3.05, 3.63) is 34.5 Å². The van der Waals surface area contributed by atoms with Gasteiger partial charge >= 0.3 is 5.97 Å². The fourth-order valence-electron chi connectivity index (χ4n) is 3.25. The lowest BCUT2D eigenvalue weighted by Crippen LogP contribution is -2.41. The van der Waals surface area contributed by atoms with Crippen molar-refractivity contribution in [1.29, 1.82) is 0 Å². The number of carbonyl (C=O) groups is 1. The zero-order chi connectivity index (χ0) is 15.8. The van der Waals surface area contributed by atoms with E-state index in [-0.39, 0.29) is 5.56 Å². The van der Waals surface area contributed by atoms with Crippen molar-refractivity contribution in [2.75, 3.05) is 13.1 Å². The quantitative estimate of drug-likeness (QED) is 0.938. The highest BCUT2D eigenvalue weighted by Crippen LogP contribution is 2.32. The molecule has 0 unspecified atom stereocenters. The second-order valence-electron chi connectivity index (χ2n) is 6.25. The number of carboxylic acids is 1. The average Bonchev–Trinajstić information content (AvgIpc) is 2.82. The van der Waals surface area contributed by atoms with Crippen LogP contribution in [-0.2, 0) is 12.8 Å². The Hall–Kier alpha value is -1.79. The maximum atomic E-state index is 10.9. The molecule has 0 aromatic carbocycles. The molecular formula is C17H19N3O2S. The van der Waals surface area contributed by atoms with Crippen LogP contribution in [0.1, 0.15) is 40.2 Å². The van der Waals surface area contributed by atoms with Gasteiger partial charge in [0.2, 0.25) is 0 Å². The molecule has 120 valence electrons. The lowest BCUT2D eigenvalue weighted by Gasteiger charge is -2.36. The van der Waals surface area contributed by atoms with Crippen molar-refractivity contribution in [2.24, 2.45) is 0 Å². The smallest absolute Gasteiger partial charge is 0.337 e. The molecule has 5 nitrogen and oxygen atoms in total. The summed E-state index contributed by atoms with van der Waals surface area (Å²) in [5.74, 6) is -0.949. The van der Waals surface area contributed by atoms with Gasteiger partial charge in [0.25, 0.3) is 0 Å². The summed E-state index contributed by atoms with van der Waals surface area (Å²) >= 11 is 1.71. The van der Waals surface area contributed by atoms with Gasteiger partial charge in [0.15, 0.2) is 0 Å². The summed E-state index contributed by atoms with van der Waals surface area (Å²) in [5, 5.41) is 9.85. The molecule has 23 heavy (non-hydrogen) atoms. The maximum absolute atomic E-state index is 10.9. The number of pyridine rings is 1. The maximum Gasteiger partial charge on any atom is 0.337 e. The first kappa shape index (κ1) is 14.8. The van der Waals surface area contributed by atoms with Crippen molar-refractivity contribution in [2.45, 2.75) is 38.1 Å². The minimum Gasteiger partial charge on any atom is -0.478 e. The van der Waals surface area contributed by atoms with Crippen molar-refractivity contribution < 1.29 is 9.90 Å². The fourth-order valence-corrected chi connectivity index (χ4v) is 4.33. The van der Waals surface area contributed by atoms with E-state index >= 15 is 0 Å². The molecule has 2 aliphatic rings. The molecule has 3 heterocycles. The van der Waals surface area contributed by atoms with Gasteiger partial charge in [-0.15, -0.1) is 11.3 Å². The van der Waals surface area contributed by atoms with Gasteiger partial charge in [0, 0.05) is 36.6 Å². The van der Waals surface area contributed by atoms with Gasteiger partial charge < -0.3 is 5.11 Å². The zero-order valence-electron chi connectivity index (χ0n) is 12.9. The minimum atomic E-state index is -0.949. The highest BCUT2D eigenvalue weighted by Gasteiger charge is 2.27. The van der Waals surface area contributed by atoms with Gasteiger partial charge in [-0.05, 0) is 31.4 Å². The molecule has 0 atom stereocenters. The lowest BCUT2D eigenvalue weighted by molar-refractivity contribution is 0.0696. The van der Waals surface area contributed by atoms with E-state index in [0.29, 0.717) is 0 Å². The molecule has 0 radical (unpaired) electrons. The Morgan fingerprint density at radius 1 is 1.26 bits per heavy atom. The first-order chi connectivity index (χ1) is 11.2. The van der Waals surface area contributed by atoms with Crippen molar-refractivity contribution in [3.8, 4) is 10.7 Å². The summed E-state index contributed by atoms with van der Waals surface area (Å²) in [6, 6.07) is 4.14. The first-order valence-corrected chi connectivity index (χ1v) is 8.95. The third-order valence-electron chi connectivity index (χ3n) is 4.86. The number of nitrogens with zero attached hydrogens (tertiary/aromatic N) is 3. The van der Waals surface area contributed by atoms with E-state index in [1.165, 1.54) is 36.0 Å². The summed E-state index contributed by atoms with van der Waals surface area (Å²) in [7, 11) is 0. The third-order valence-corrected chi connectivity index (χ3v) is 6.04. The van der Waals surface area contributed by atoms with Crippen molar-refractivity contribution >= 4 is 17.3 Å². The monoisotopic (exact) mass is 329 g/mol.